The highest BCUT2D eigenvalue weighted by Gasteiger charge is 2.36. The highest BCUT2D eigenvalue weighted by molar-refractivity contribution is 8.18. The highest BCUT2D eigenvalue weighted by atomic mass is 35.5. The van der Waals surface area contributed by atoms with Gasteiger partial charge in [0.15, 0.2) is 17.3 Å². The van der Waals surface area contributed by atoms with E-state index in [-0.39, 0.29) is 22.8 Å². The summed E-state index contributed by atoms with van der Waals surface area (Å²) >= 11 is 6.64. The number of thioether (sulfide) groups is 1. The van der Waals surface area contributed by atoms with Crippen LogP contribution in [-0.4, -0.2) is 40.4 Å². The lowest BCUT2D eigenvalue weighted by Crippen LogP contribution is -2.33. The third-order valence-electron chi connectivity index (χ3n) is 5.39. The van der Waals surface area contributed by atoms with Gasteiger partial charge in [0.05, 0.1) is 23.5 Å². The first-order valence-corrected chi connectivity index (χ1v) is 12.0. The van der Waals surface area contributed by atoms with Gasteiger partial charge in [-0.2, -0.15) is 0 Å². The third-order valence-corrected chi connectivity index (χ3v) is 6.55. The van der Waals surface area contributed by atoms with Gasteiger partial charge in [-0.15, -0.1) is 0 Å². The van der Waals surface area contributed by atoms with E-state index in [1.807, 2.05) is 12.1 Å². The molecule has 37 heavy (non-hydrogen) atoms. The van der Waals surface area contributed by atoms with Crippen LogP contribution in [0, 0.1) is 10.1 Å². The van der Waals surface area contributed by atoms with Crippen molar-refractivity contribution in [2.75, 3.05) is 13.7 Å². The largest absolute Gasteiger partial charge is 0.493 e. The van der Waals surface area contributed by atoms with Gasteiger partial charge in [0.1, 0.15) is 6.61 Å². The molecule has 9 nitrogen and oxygen atoms in total. The van der Waals surface area contributed by atoms with Crippen molar-refractivity contribution in [1.82, 2.24) is 4.90 Å². The van der Waals surface area contributed by atoms with Crippen molar-refractivity contribution in [1.29, 1.82) is 0 Å². The summed E-state index contributed by atoms with van der Waals surface area (Å²) in [5.74, 6) is -0.326. The molecule has 11 heteroatoms. The van der Waals surface area contributed by atoms with E-state index in [2.05, 4.69) is 0 Å². The number of non-ortho nitro benzene ring substituents is 1. The molecule has 0 N–H and O–H groups in total. The molecule has 1 aliphatic heterocycles. The number of carbonyl (C=O) groups excluding carboxylic acids is 3. The molecule has 1 fully saturated rings. The Kier molecular flexibility index (Phi) is 7.90. The molecule has 0 spiro atoms. The number of hydrogen-bond acceptors (Lipinski definition) is 8. The third kappa shape index (κ3) is 5.99. The van der Waals surface area contributed by atoms with Crippen LogP contribution in [0.1, 0.15) is 21.5 Å². The Morgan fingerprint density at radius 3 is 2.43 bits per heavy atom. The second kappa shape index (κ2) is 11.3. The van der Waals surface area contributed by atoms with Crippen LogP contribution in [0.25, 0.3) is 6.08 Å². The molecule has 0 aliphatic carbocycles. The molecular weight excluding hydrogens is 520 g/mol. The number of amides is 2. The topological polar surface area (TPSA) is 116 Å². The minimum Gasteiger partial charge on any atom is -0.493 e. The first-order chi connectivity index (χ1) is 17.8. The number of ketones is 1. The molecule has 0 radical (unpaired) electrons. The summed E-state index contributed by atoms with van der Waals surface area (Å²) in [5, 5.41) is 10.8. The summed E-state index contributed by atoms with van der Waals surface area (Å²) in [5.41, 5.74) is 1.36. The van der Waals surface area contributed by atoms with E-state index in [0.717, 1.165) is 10.5 Å². The number of rotatable bonds is 9. The van der Waals surface area contributed by atoms with E-state index in [0.29, 0.717) is 33.8 Å². The van der Waals surface area contributed by atoms with Crippen LogP contribution in [0.2, 0.25) is 5.02 Å². The summed E-state index contributed by atoms with van der Waals surface area (Å²) in [7, 11) is 1.49. The van der Waals surface area contributed by atoms with Crippen molar-refractivity contribution in [2.45, 2.75) is 6.61 Å². The number of hydrogen-bond donors (Lipinski definition) is 0. The molecule has 0 saturated carbocycles. The molecule has 0 unspecified atom stereocenters. The zero-order chi connectivity index (χ0) is 26.5. The molecule has 0 atom stereocenters. The number of methoxy groups -OCH3 is 1. The van der Waals surface area contributed by atoms with E-state index in [9.17, 15) is 24.5 Å². The average molecular weight is 539 g/mol. The van der Waals surface area contributed by atoms with Crippen LogP contribution < -0.4 is 9.47 Å². The number of Topliss-reactive ketones (excluding diaryl/α,β-unsaturated/α-hetero) is 1. The summed E-state index contributed by atoms with van der Waals surface area (Å²) in [6.45, 7) is -0.276. The maximum Gasteiger partial charge on any atom is 0.293 e. The van der Waals surface area contributed by atoms with Gasteiger partial charge in [-0.25, -0.2) is 0 Å². The van der Waals surface area contributed by atoms with Crippen molar-refractivity contribution in [3.05, 3.63) is 103 Å². The monoisotopic (exact) mass is 538 g/mol. The quantitative estimate of drug-likeness (QED) is 0.146. The van der Waals surface area contributed by atoms with E-state index in [4.69, 9.17) is 21.1 Å². The van der Waals surface area contributed by atoms with Crippen LogP contribution in [0.5, 0.6) is 11.5 Å². The van der Waals surface area contributed by atoms with E-state index >= 15 is 0 Å². The van der Waals surface area contributed by atoms with Gasteiger partial charge in [-0.05, 0) is 53.7 Å². The van der Waals surface area contributed by atoms with E-state index < -0.39 is 28.4 Å². The number of nitro benzene ring substituents is 1. The smallest absolute Gasteiger partial charge is 0.293 e. The summed E-state index contributed by atoms with van der Waals surface area (Å²) < 4.78 is 11.4. The summed E-state index contributed by atoms with van der Waals surface area (Å²) in [6, 6.07) is 17.3. The lowest BCUT2D eigenvalue weighted by Gasteiger charge is -2.14. The van der Waals surface area contributed by atoms with Gasteiger partial charge in [-0.3, -0.25) is 29.4 Å². The Morgan fingerprint density at radius 2 is 1.78 bits per heavy atom. The van der Waals surface area contributed by atoms with Crippen LogP contribution in [0.4, 0.5) is 10.5 Å². The number of ether oxygens (including phenoxy) is 2. The fourth-order valence-corrected chi connectivity index (χ4v) is 4.43. The molecule has 3 aromatic rings. The van der Waals surface area contributed by atoms with Crippen LogP contribution in [0.3, 0.4) is 0 Å². The number of para-hydroxylation sites is 1. The van der Waals surface area contributed by atoms with Gasteiger partial charge in [-0.1, -0.05) is 35.9 Å². The first kappa shape index (κ1) is 25.9. The van der Waals surface area contributed by atoms with Gasteiger partial charge in [0.2, 0.25) is 0 Å². The molecule has 4 rings (SSSR count). The molecular formula is C26H19ClN2O7S. The predicted molar refractivity (Wildman–Crippen MR) is 139 cm³/mol. The van der Waals surface area contributed by atoms with Crippen LogP contribution in [-0.2, 0) is 11.4 Å². The number of carbonyl (C=O) groups is 3. The first-order valence-electron chi connectivity index (χ1n) is 10.8. The standard InChI is InChI=1S/C26H19ClN2O7S/c1-35-22-4-2-3-18(24(22)36-15-16-5-9-19(27)10-6-16)13-23-25(31)28(26(32)37-23)14-21(30)17-7-11-20(12-8-17)29(33)34/h2-13H,14-15H2,1H3/b23-13+. The Bertz CT molecular complexity index is 1410. The Labute approximate surface area is 220 Å². The second-order valence-electron chi connectivity index (χ2n) is 7.79. The molecule has 2 amide bonds. The normalized spacial score (nSPS) is 14.2. The second-order valence-corrected chi connectivity index (χ2v) is 9.22. The van der Waals surface area contributed by atoms with Gasteiger partial charge < -0.3 is 9.47 Å². The summed E-state index contributed by atoms with van der Waals surface area (Å²) in [4.78, 5) is 49.4. The Morgan fingerprint density at radius 1 is 1.08 bits per heavy atom. The van der Waals surface area contributed by atoms with Crippen molar-refractivity contribution in [3.8, 4) is 11.5 Å². The van der Waals surface area contributed by atoms with Crippen LogP contribution in [0.15, 0.2) is 71.6 Å². The molecule has 0 bridgehead atoms. The summed E-state index contributed by atoms with van der Waals surface area (Å²) in [6.07, 6.45) is 1.51. The SMILES string of the molecule is COc1cccc(/C=C2/SC(=O)N(CC(=O)c3ccc([N+](=O)[O-])cc3)C2=O)c1OCc1ccc(Cl)cc1. The zero-order valence-corrected chi connectivity index (χ0v) is 21.0. The molecule has 0 aromatic heterocycles. The Hall–Kier alpha value is -4.15. The van der Waals surface area contributed by atoms with Crippen molar-refractivity contribution < 1.29 is 28.8 Å². The molecule has 1 aliphatic rings. The van der Waals surface area contributed by atoms with E-state index in [1.165, 1.54) is 37.5 Å². The van der Waals surface area contributed by atoms with Crippen molar-refractivity contribution in [3.63, 3.8) is 0 Å². The number of halogens is 1. The number of benzene rings is 3. The van der Waals surface area contributed by atoms with Crippen LogP contribution >= 0.6 is 23.4 Å². The molecule has 188 valence electrons. The fraction of sp³-hybridized carbons (Fsp3) is 0.115. The highest BCUT2D eigenvalue weighted by Crippen LogP contribution is 2.38. The Balaban J connectivity index is 1.53. The minimum absolute atomic E-state index is 0.117. The lowest BCUT2D eigenvalue weighted by molar-refractivity contribution is -0.384. The lowest BCUT2D eigenvalue weighted by atomic mass is 10.1. The van der Waals surface area contributed by atoms with Crippen molar-refractivity contribution in [2.24, 2.45) is 0 Å². The van der Waals surface area contributed by atoms with Gasteiger partial charge in [0, 0.05) is 28.3 Å². The molecule has 1 saturated heterocycles. The predicted octanol–water partition coefficient (Wildman–Crippen LogP) is 5.76. The van der Waals surface area contributed by atoms with Gasteiger partial charge in [0.25, 0.3) is 16.8 Å². The number of imide groups is 1. The number of nitro groups is 1. The van der Waals surface area contributed by atoms with Crippen molar-refractivity contribution >= 4 is 52.1 Å². The zero-order valence-electron chi connectivity index (χ0n) is 19.4. The van der Waals surface area contributed by atoms with E-state index in [1.54, 1.807) is 30.3 Å². The maximum atomic E-state index is 13.0. The molecule has 1 heterocycles. The average Bonchev–Trinajstić information content (AvgIpc) is 3.15. The molecule has 3 aromatic carbocycles. The number of nitrogens with zero attached hydrogens (tertiary/aromatic N) is 2. The fourth-order valence-electron chi connectivity index (χ4n) is 3.48. The minimum atomic E-state index is -0.628. The maximum absolute atomic E-state index is 13.0. The van der Waals surface area contributed by atoms with Gasteiger partial charge >= 0.3 is 0 Å².